The lowest BCUT2D eigenvalue weighted by Gasteiger charge is -2.39. The maximum atomic E-state index is 6.29. The van der Waals surface area contributed by atoms with Gasteiger partial charge in [0.25, 0.3) is 0 Å². The van der Waals surface area contributed by atoms with Crippen molar-refractivity contribution in [1.29, 1.82) is 0 Å². The summed E-state index contributed by atoms with van der Waals surface area (Å²) in [6.45, 7) is 5.20. The molecule has 106 valence electrons. The molecule has 1 saturated carbocycles. The lowest BCUT2D eigenvalue weighted by Crippen LogP contribution is -2.49. The molecule has 0 amide bonds. The minimum Gasteiger partial charge on any atom is -0.306 e. The third-order valence-electron chi connectivity index (χ3n) is 4.35. The Morgan fingerprint density at radius 3 is 2.58 bits per heavy atom. The van der Waals surface area contributed by atoms with Gasteiger partial charge in [0.1, 0.15) is 0 Å². The highest BCUT2D eigenvalue weighted by Crippen LogP contribution is 2.33. The molecule has 1 nitrogen and oxygen atoms in total. The average molecular weight is 300 g/mol. The van der Waals surface area contributed by atoms with Crippen molar-refractivity contribution in [2.75, 3.05) is 5.88 Å². The third kappa shape index (κ3) is 3.87. The minimum absolute atomic E-state index is 0.0995. The number of hydrogen-bond acceptors (Lipinski definition) is 1. The summed E-state index contributed by atoms with van der Waals surface area (Å²) in [4.78, 5) is 0. The molecule has 1 aromatic rings. The van der Waals surface area contributed by atoms with Crippen molar-refractivity contribution in [3.8, 4) is 0 Å². The zero-order chi connectivity index (χ0) is 13.9. The zero-order valence-electron chi connectivity index (χ0n) is 11.8. The molecule has 2 rings (SSSR count). The second kappa shape index (κ2) is 6.47. The SMILES string of the molecule is Cc1ccc(CNC2(CCl)CCC(C)CC2)c(Cl)c1. The summed E-state index contributed by atoms with van der Waals surface area (Å²) in [7, 11) is 0. The molecule has 3 heteroatoms. The predicted octanol–water partition coefficient (Wildman–Crippen LogP) is 4.93. The second-order valence-electron chi connectivity index (χ2n) is 6.04. The van der Waals surface area contributed by atoms with Crippen LogP contribution in [0.4, 0.5) is 0 Å². The Hall–Kier alpha value is -0.240. The Bertz CT molecular complexity index is 423. The quantitative estimate of drug-likeness (QED) is 0.778. The fourth-order valence-corrected chi connectivity index (χ4v) is 3.41. The largest absolute Gasteiger partial charge is 0.306 e. The monoisotopic (exact) mass is 299 g/mol. The fourth-order valence-electron chi connectivity index (χ4n) is 2.75. The van der Waals surface area contributed by atoms with Crippen LogP contribution in [0.15, 0.2) is 18.2 Å². The molecule has 19 heavy (non-hydrogen) atoms. The van der Waals surface area contributed by atoms with Gasteiger partial charge in [-0.05, 0) is 55.7 Å². The molecule has 1 aliphatic carbocycles. The standard InChI is InChI=1S/C16H23Cl2N/c1-12-5-7-16(11-17,8-6-12)19-10-14-4-3-13(2)9-15(14)18/h3-4,9,12,19H,5-8,10-11H2,1-2H3. The van der Waals surface area contributed by atoms with Crippen LogP contribution in [0.1, 0.15) is 43.7 Å². The predicted molar refractivity (Wildman–Crippen MR) is 84.1 cm³/mol. The Morgan fingerprint density at radius 2 is 2.00 bits per heavy atom. The number of rotatable bonds is 4. The molecule has 0 unspecified atom stereocenters. The first kappa shape index (κ1) is 15.2. The van der Waals surface area contributed by atoms with E-state index in [2.05, 4.69) is 31.3 Å². The summed E-state index contributed by atoms with van der Waals surface area (Å²) in [5.74, 6) is 1.52. The Morgan fingerprint density at radius 1 is 1.32 bits per heavy atom. The van der Waals surface area contributed by atoms with Crippen LogP contribution >= 0.6 is 23.2 Å². The molecule has 0 aliphatic heterocycles. The lowest BCUT2D eigenvalue weighted by molar-refractivity contribution is 0.216. The number of nitrogens with one attached hydrogen (secondary N) is 1. The summed E-state index contributed by atoms with van der Waals surface area (Å²) in [5.41, 5.74) is 2.46. The van der Waals surface area contributed by atoms with Gasteiger partial charge in [-0.1, -0.05) is 30.7 Å². The van der Waals surface area contributed by atoms with Gasteiger partial charge in [0.05, 0.1) is 0 Å². The topological polar surface area (TPSA) is 12.0 Å². The van der Waals surface area contributed by atoms with E-state index in [-0.39, 0.29) is 5.54 Å². The molecule has 1 fully saturated rings. The van der Waals surface area contributed by atoms with Crippen molar-refractivity contribution in [3.05, 3.63) is 34.3 Å². The Kier molecular flexibility index (Phi) is 5.16. The minimum atomic E-state index is 0.0995. The molecular formula is C16H23Cl2N. The van der Waals surface area contributed by atoms with Crippen molar-refractivity contribution in [1.82, 2.24) is 5.32 Å². The summed E-state index contributed by atoms with van der Waals surface area (Å²) >= 11 is 12.5. The second-order valence-corrected chi connectivity index (χ2v) is 6.72. The van der Waals surface area contributed by atoms with E-state index in [0.29, 0.717) is 5.88 Å². The molecule has 1 aliphatic rings. The van der Waals surface area contributed by atoms with E-state index < -0.39 is 0 Å². The summed E-state index contributed by atoms with van der Waals surface area (Å²) in [6.07, 6.45) is 4.87. The first-order valence-electron chi connectivity index (χ1n) is 7.11. The molecule has 0 saturated heterocycles. The van der Waals surface area contributed by atoms with E-state index in [9.17, 15) is 0 Å². The van der Waals surface area contributed by atoms with E-state index in [1.54, 1.807) is 0 Å². The lowest BCUT2D eigenvalue weighted by atomic mass is 9.78. The van der Waals surface area contributed by atoms with Gasteiger partial charge < -0.3 is 5.32 Å². The maximum absolute atomic E-state index is 6.29. The van der Waals surface area contributed by atoms with Crippen molar-refractivity contribution in [2.24, 2.45) is 5.92 Å². The molecule has 0 heterocycles. The van der Waals surface area contributed by atoms with Gasteiger partial charge in [0.2, 0.25) is 0 Å². The van der Waals surface area contributed by atoms with Crippen molar-refractivity contribution >= 4 is 23.2 Å². The van der Waals surface area contributed by atoms with Crippen LogP contribution in [0.2, 0.25) is 5.02 Å². The molecular weight excluding hydrogens is 277 g/mol. The number of alkyl halides is 1. The van der Waals surface area contributed by atoms with Crippen molar-refractivity contribution < 1.29 is 0 Å². The smallest absolute Gasteiger partial charge is 0.0453 e. The maximum Gasteiger partial charge on any atom is 0.0453 e. The molecule has 0 aromatic heterocycles. The highest BCUT2D eigenvalue weighted by molar-refractivity contribution is 6.31. The van der Waals surface area contributed by atoms with Crippen LogP contribution in [0.5, 0.6) is 0 Å². The fraction of sp³-hybridized carbons (Fsp3) is 0.625. The van der Waals surface area contributed by atoms with Gasteiger partial charge in [0, 0.05) is 23.0 Å². The summed E-state index contributed by atoms with van der Waals surface area (Å²) in [5, 5.41) is 4.51. The van der Waals surface area contributed by atoms with Gasteiger partial charge in [-0.2, -0.15) is 0 Å². The number of benzene rings is 1. The molecule has 1 aromatic carbocycles. The summed E-state index contributed by atoms with van der Waals surface area (Å²) < 4.78 is 0. The normalized spacial score (nSPS) is 27.5. The molecule has 0 spiro atoms. The van der Waals surface area contributed by atoms with Gasteiger partial charge in [-0.15, -0.1) is 11.6 Å². The highest BCUT2D eigenvalue weighted by Gasteiger charge is 2.32. The van der Waals surface area contributed by atoms with Gasteiger partial charge in [-0.25, -0.2) is 0 Å². The molecule has 0 atom stereocenters. The van der Waals surface area contributed by atoms with Gasteiger partial charge in [-0.3, -0.25) is 0 Å². The van der Waals surface area contributed by atoms with E-state index in [4.69, 9.17) is 23.2 Å². The van der Waals surface area contributed by atoms with Gasteiger partial charge >= 0.3 is 0 Å². The van der Waals surface area contributed by atoms with Crippen molar-refractivity contribution in [3.63, 3.8) is 0 Å². The number of halogens is 2. The highest BCUT2D eigenvalue weighted by atomic mass is 35.5. The third-order valence-corrected chi connectivity index (χ3v) is 5.21. The van der Waals surface area contributed by atoms with Crippen LogP contribution < -0.4 is 5.32 Å². The first-order chi connectivity index (χ1) is 9.04. The van der Waals surface area contributed by atoms with E-state index in [0.717, 1.165) is 23.0 Å². The van der Waals surface area contributed by atoms with Crippen LogP contribution in [0.3, 0.4) is 0 Å². The number of aryl methyl sites for hydroxylation is 1. The Balaban J connectivity index is 2.00. The molecule has 0 radical (unpaired) electrons. The Labute approximate surface area is 126 Å². The first-order valence-corrected chi connectivity index (χ1v) is 8.02. The van der Waals surface area contributed by atoms with Crippen molar-refractivity contribution in [2.45, 2.75) is 51.6 Å². The number of hydrogen-bond donors (Lipinski definition) is 1. The zero-order valence-corrected chi connectivity index (χ0v) is 13.3. The van der Waals surface area contributed by atoms with E-state index in [1.165, 1.54) is 31.2 Å². The molecule has 1 N–H and O–H groups in total. The van der Waals surface area contributed by atoms with Crippen LogP contribution in [-0.2, 0) is 6.54 Å². The van der Waals surface area contributed by atoms with Crippen LogP contribution in [0, 0.1) is 12.8 Å². The summed E-state index contributed by atoms with van der Waals surface area (Å²) in [6, 6.07) is 6.24. The van der Waals surface area contributed by atoms with Gasteiger partial charge in [0.15, 0.2) is 0 Å². The molecule has 0 bridgehead atoms. The average Bonchev–Trinajstić information content (AvgIpc) is 2.40. The van der Waals surface area contributed by atoms with E-state index in [1.807, 2.05) is 6.07 Å². The van der Waals surface area contributed by atoms with Crippen LogP contribution in [0.25, 0.3) is 0 Å². The van der Waals surface area contributed by atoms with Crippen LogP contribution in [-0.4, -0.2) is 11.4 Å². The van der Waals surface area contributed by atoms with E-state index >= 15 is 0 Å².